The number of ether oxygens (including phenoxy) is 1. The number of benzene rings is 1. The second-order valence-electron chi connectivity index (χ2n) is 3.30. The van der Waals surface area contributed by atoms with E-state index in [0.717, 1.165) is 5.56 Å². The molecule has 0 amide bonds. The lowest BCUT2D eigenvalue weighted by Gasteiger charge is -2.05. The Balaban J connectivity index is 2.32. The molecule has 4 nitrogen and oxygen atoms in total. The molecule has 1 rings (SSSR count). The van der Waals surface area contributed by atoms with Crippen LogP contribution in [-0.4, -0.2) is 25.3 Å². The summed E-state index contributed by atoms with van der Waals surface area (Å²) in [5.74, 6) is 0.448. The highest BCUT2D eigenvalue weighted by Crippen LogP contribution is 2.12. The first-order valence-corrected chi connectivity index (χ1v) is 6.23. The minimum absolute atomic E-state index is 0.265. The molecule has 1 aromatic rings. The first kappa shape index (κ1) is 12.0. The minimum atomic E-state index is -3.87. The van der Waals surface area contributed by atoms with Gasteiger partial charge in [0, 0.05) is 0 Å². The summed E-state index contributed by atoms with van der Waals surface area (Å²) in [6.07, 6.45) is 0.284. The molecule has 0 heterocycles. The lowest BCUT2D eigenvalue weighted by molar-refractivity contribution is 0.316. The molecule has 0 saturated heterocycles. The fourth-order valence-corrected chi connectivity index (χ4v) is 1.62. The second kappa shape index (κ2) is 5.14. The van der Waals surface area contributed by atoms with Crippen LogP contribution in [0.5, 0.6) is 5.75 Å². The average Bonchev–Trinajstić information content (AvgIpc) is 2.11. The molecular weight excluding hydrogens is 216 g/mol. The van der Waals surface area contributed by atoms with Crippen LogP contribution in [0.1, 0.15) is 12.0 Å². The van der Waals surface area contributed by atoms with Gasteiger partial charge in [0.1, 0.15) is 5.75 Å². The minimum Gasteiger partial charge on any atom is -0.494 e. The molecule has 0 atom stereocenters. The van der Waals surface area contributed by atoms with E-state index in [4.69, 9.17) is 9.29 Å². The third kappa shape index (κ3) is 5.39. The highest BCUT2D eigenvalue weighted by molar-refractivity contribution is 7.85. The van der Waals surface area contributed by atoms with Crippen LogP contribution in [0.25, 0.3) is 0 Å². The first-order chi connectivity index (χ1) is 6.97. The molecule has 15 heavy (non-hydrogen) atoms. The van der Waals surface area contributed by atoms with Crippen LogP contribution in [0.3, 0.4) is 0 Å². The van der Waals surface area contributed by atoms with Gasteiger partial charge in [-0.05, 0) is 31.0 Å². The Morgan fingerprint density at radius 1 is 1.40 bits per heavy atom. The zero-order valence-corrected chi connectivity index (χ0v) is 9.33. The summed E-state index contributed by atoms with van der Waals surface area (Å²) in [4.78, 5) is 0. The van der Waals surface area contributed by atoms with Gasteiger partial charge in [0.05, 0.1) is 12.4 Å². The fourth-order valence-electron chi connectivity index (χ4n) is 1.14. The van der Waals surface area contributed by atoms with Crippen molar-refractivity contribution in [1.82, 2.24) is 0 Å². The van der Waals surface area contributed by atoms with Gasteiger partial charge in [-0.15, -0.1) is 0 Å². The maximum Gasteiger partial charge on any atom is 0.264 e. The molecule has 0 aliphatic rings. The van der Waals surface area contributed by atoms with Crippen LogP contribution < -0.4 is 4.74 Å². The van der Waals surface area contributed by atoms with Gasteiger partial charge in [-0.25, -0.2) is 0 Å². The quantitative estimate of drug-likeness (QED) is 0.617. The van der Waals surface area contributed by atoms with E-state index in [0.29, 0.717) is 5.75 Å². The van der Waals surface area contributed by atoms with Crippen LogP contribution in [-0.2, 0) is 10.1 Å². The van der Waals surface area contributed by atoms with Gasteiger partial charge >= 0.3 is 0 Å². The number of aryl methyl sites for hydroxylation is 1. The fraction of sp³-hybridized carbons (Fsp3) is 0.400. The lowest BCUT2D eigenvalue weighted by atomic mass is 10.2. The largest absolute Gasteiger partial charge is 0.494 e. The van der Waals surface area contributed by atoms with Crippen molar-refractivity contribution in [1.29, 1.82) is 0 Å². The lowest BCUT2D eigenvalue weighted by Crippen LogP contribution is -2.08. The summed E-state index contributed by atoms with van der Waals surface area (Å²) >= 11 is 0. The van der Waals surface area contributed by atoms with Crippen molar-refractivity contribution >= 4 is 10.1 Å². The molecule has 0 radical (unpaired) electrons. The van der Waals surface area contributed by atoms with Crippen molar-refractivity contribution in [3.63, 3.8) is 0 Å². The number of hydrogen-bond donors (Lipinski definition) is 1. The van der Waals surface area contributed by atoms with Gasteiger partial charge in [0.25, 0.3) is 10.1 Å². The molecule has 84 valence electrons. The molecule has 0 aliphatic carbocycles. The molecule has 0 aromatic heterocycles. The molecular formula is C10H14O4S. The summed E-state index contributed by atoms with van der Waals surface area (Å²) in [6, 6.07) is 7.49. The first-order valence-electron chi connectivity index (χ1n) is 4.62. The van der Waals surface area contributed by atoms with E-state index < -0.39 is 10.1 Å². The molecule has 0 fully saturated rings. The normalized spacial score (nSPS) is 11.3. The SMILES string of the molecule is Cc1cccc(OCCCS(=O)(=O)O)c1. The van der Waals surface area contributed by atoms with Gasteiger partial charge in [0.15, 0.2) is 0 Å². The van der Waals surface area contributed by atoms with E-state index in [-0.39, 0.29) is 18.8 Å². The van der Waals surface area contributed by atoms with E-state index in [1.165, 1.54) is 0 Å². The molecule has 0 unspecified atom stereocenters. The highest BCUT2D eigenvalue weighted by atomic mass is 32.2. The summed E-state index contributed by atoms with van der Waals surface area (Å²) in [5.41, 5.74) is 1.09. The van der Waals surface area contributed by atoms with Crippen LogP contribution in [0.4, 0.5) is 0 Å². The second-order valence-corrected chi connectivity index (χ2v) is 4.88. The monoisotopic (exact) mass is 230 g/mol. The Kier molecular flexibility index (Phi) is 4.11. The van der Waals surface area contributed by atoms with Gasteiger partial charge in [-0.3, -0.25) is 4.55 Å². The molecule has 0 saturated carbocycles. The van der Waals surface area contributed by atoms with Crippen molar-refractivity contribution in [3.8, 4) is 5.75 Å². The Hall–Kier alpha value is -1.07. The van der Waals surface area contributed by atoms with E-state index >= 15 is 0 Å². The predicted molar refractivity (Wildman–Crippen MR) is 57.7 cm³/mol. The Morgan fingerprint density at radius 3 is 2.73 bits per heavy atom. The zero-order valence-electron chi connectivity index (χ0n) is 8.51. The Morgan fingerprint density at radius 2 is 2.13 bits per heavy atom. The summed E-state index contributed by atoms with van der Waals surface area (Å²) in [7, 11) is -3.87. The topological polar surface area (TPSA) is 63.6 Å². The van der Waals surface area contributed by atoms with Crippen molar-refractivity contribution in [2.45, 2.75) is 13.3 Å². The third-order valence-corrected chi connectivity index (χ3v) is 2.61. The zero-order chi connectivity index (χ0) is 11.3. The van der Waals surface area contributed by atoms with Crippen LogP contribution in [0, 0.1) is 6.92 Å². The molecule has 0 bridgehead atoms. The van der Waals surface area contributed by atoms with Crippen molar-refractivity contribution in [2.24, 2.45) is 0 Å². The summed E-state index contributed by atoms with van der Waals surface area (Å²) < 4.78 is 34.6. The highest BCUT2D eigenvalue weighted by Gasteiger charge is 2.03. The van der Waals surface area contributed by atoms with Gasteiger partial charge in [-0.2, -0.15) is 8.42 Å². The van der Waals surface area contributed by atoms with E-state index in [1.807, 2.05) is 25.1 Å². The van der Waals surface area contributed by atoms with Crippen LogP contribution in [0.2, 0.25) is 0 Å². The standard InChI is InChI=1S/C10H14O4S/c1-9-4-2-5-10(8-9)14-6-3-7-15(11,12)13/h2,4-5,8H,3,6-7H2,1H3,(H,11,12,13). The number of hydrogen-bond acceptors (Lipinski definition) is 3. The molecule has 0 spiro atoms. The van der Waals surface area contributed by atoms with Crippen LogP contribution in [0.15, 0.2) is 24.3 Å². The van der Waals surface area contributed by atoms with E-state index in [1.54, 1.807) is 6.07 Å². The maximum absolute atomic E-state index is 10.4. The Bertz CT molecular complexity index is 411. The van der Waals surface area contributed by atoms with Gasteiger partial charge in [0.2, 0.25) is 0 Å². The molecule has 1 aromatic carbocycles. The van der Waals surface area contributed by atoms with Crippen LogP contribution >= 0.6 is 0 Å². The molecule has 5 heteroatoms. The maximum atomic E-state index is 10.4. The predicted octanol–water partition coefficient (Wildman–Crippen LogP) is 1.65. The summed E-state index contributed by atoms with van der Waals surface area (Å²) in [6.45, 7) is 2.23. The van der Waals surface area contributed by atoms with E-state index in [9.17, 15) is 8.42 Å². The number of rotatable bonds is 5. The van der Waals surface area contributed by atoms with Gasteiger partial charge < -0.3 is 4.74 Å². The van der Waals surface area contributed by atoms with Crippen molar-refractivity contribution in [3.05, 3.63) is 29.8 Å². The molecule has 1 N–H and O–H groups in total. The molecule has 0 aliphatic heterocycles. The van der Waals surface area contributed by atoms with Crippen molar-refractivity contribution < 1.29 is 17.7 Å². The Labute approximate surface area is 89.6 Å². The average molecular weight is 230 g/mol. The summed E-state index contributed by atoms with van der Waals surface area (Å²) in [5, 5.41) is 0. The smallest absolute Gasteiger partial charge is 0.264 e. The third-order valence-electron chi connectivity index (χ3n) is 1.80. The van der Waals surface area contributed by atoms with Gasteiger partial charge in [-0.1, -0.05) is 12.1 Å². The van der Waals surface area contributed by atoms with Crippen molar-refractivity contribution in [2.75, 3.05) is 12.4 Å². The van der Waals surface area contributed by atoms with E-state index in [2.05, 4.69) is 0 Å².